The van der Waals surface area contributed by atoms with E-state index in [0.717, 1.165) is 25.3 Å². The van der Waals surface area contributed by atoms with Crippen LogP contribution >= 0.6 is 0 Å². The van der Waals surface area contributed by atoms with Crippen molar-refractivity contribution in [3.8, 4) is 5.75 Å². The molecule has 2 rings (SSSR count). The second-order valence-corrected chi connectivity index (χ2v) is 3.70. The van der Waals surface area contributed by atoms with Crippen LogP contribution in [0.4, 0.5) is 5.69 Å². The summed E-state index contributed by atoms with van der Waals surface area (Å²) < 4.78 is 5.58. The smallest absolute Gasteiger partial charge is 0.121 e. The van der Waals surface area contributed by atoms with Gasteiger partial charge in [-0.15, -0.1) is 0 Å². The van der Waals surface area contributed by atoms with Crippen molar-refractivity contribution in [2.75, 3.05) is 18.5 Å². The summed E-state index contributed by atoms with van der Waals surface area (Å²) in [5.74, 6) is 0.986. The van der Waals surface area contributed by atoms with Crippen molar-refractivity contribution >= 4 is 5.69 Å². The van der Waals surface area contributed by atoms with Crippen molar-refractivity contribution in [3.05, 3.63) is 23.8 Å². The van der Waals surface area contributed by atoms with Crippen molar-refractivity contribution in [1.82, 2.24) is 0 Å². The highest BCUT2D eigenvalue weighted by molar-refractivity contribution is 5.56. The number of rotatable bonds is 3. The summed E-state index contributed by atoms with van der Waals surface area (Å²) in [6.45, 7) is 4.01. The number of hydrogen-bond donors (Lipinski definition) is 1. The molecule has 0 spiro atoms. The normalized spacial score (nSPS) is 14.4. The Hall–Kier alpha value is -1.18. The van der Waals surface area contributed by atoms with Gasteiger partial charge in [-0.25, -0.2) is 0 Å². The van der Waals surface area contributed by atoms with Crippen LogP contribution in [0.5, 0.6) is 5.75 Å². The molecule has 0 atom stereocenters. The van der Waals surface area contributed by atoms with E-state index in [2.05, 4.69) is 30.4 Å². The van der Waals surface area contributed by atoms with E-state index < -0.39 is 0 Å². The lowest BCUT2D eigenvalue weighted by atomic mass is 10.0. The molecular weight excluding hydrogens is 174 g/mol. The fraction of sp³-hybridized carbons (Fsp3) is 0.500. The summed E-state index contributed by atoms with van der Waals surface area (Å²) in [6.07, 6.45) is 3.49. The van der Waals surface area contributed by atoms with E-state index in [1.54, 1.807) is 0 Å². The van der Waals surface area contributed by atoms with Crippen molar-refractivity contribution in [1.29, 1.82) is 0 Å². The molecule has 0 aromatic heterocycles. The Balaban J connectivity index is 2.12. The predicted molar refractivity (Wildman–Crippen MR) is 59.0 cm³/mol. The first-order valence-corrected chi connectivity index (χ1v) is 5.40. The maximum atomic E-state index is 5.58. The molecule has 0 saturated heterocycles. The van der Waals surface area contributed by atoms with E-state index in [1.807, 2.05) is 0 Å². The minimum absolute atomic E-state index is 0.804. The molecule has 0 amide bonds. The maximum absolute atomic E-state index is 5.58. The Bertz CT molecular complexity index is 309. The van der Waals surface area contributed by atoms with Crippen LogP contribution in [0, 0.1) is 0 Å². The monoisotopic (exact) mass is 191 g/mol. The molecule has 14 heavy (non-hydrogen) atoms. The zero-order valence-electron chi connectivity index (χ0n) is 8.68. The fourth-order valence-electron chi connectivity index (χ4n) is 1.75. The molecular formula is C12H17NO. The van der Waals surface area contributed by atoms with Crippen molar-refractivity contribution in [2.24, 2.45) is 0 Å². The van der Waals surface area contributed by atoms with Gasteiger partial charge in [0.2, 0.25) is 0 Å². The Morgan fingerprint density at radius 2 is 2.36 bits per heavy atom. The van der Waals surface area contributed by atoms with Gasteiger partial charge in [0.1, 0.15) is 5.75 Å². The van der Waals surface area contributed by atoms with Gasteiger partial charge in [-0.1, -0.05) is 13.0 Å². The highest BCUT2D eigenvalue weighted by Crippen LogP contribution is 2.26. The van der Waals surface area contributed by atoms with Gasteiger partial charge in [0, 0.05) is 18.3 Å². The number of nitrogens with one attached hydrogen (secondary N) is 1. The van der Waals surface area contributed by atoms with Crippen LogP contribution < -0.4 is 10.1 Å². The lowest BCUT2D eigenvalue weighted by Gasteiger charge is -2.18. The van der Waals surface area contributed by atoms with Crippen LogP contribution in [0.2, 0.25) is 0 Å². The quantitative estimate of drug-likeness (QED) is 0.793. The Labute approximate surface area is 85.3 Å². The molecule has 0 fully saturated rings. The van der Waals surface area contributed by atoms with E-state index in [9.17, 15) is 0 Å². The number of aryl methyl sites for hydroxylation is 1. The summed E-state index contributed by atoms with van der Waals surface area (Å²) in [7, 11) is 0. The molecule has 0 unspecified atom stereocenters. The van der Waals surface area contributed by atoms with Crippen LogP contribution in [-0.2, 0) is 6.42 Å². The minimum Gasteiger partial charge on any atom is -0.494 e. The third kappa shape index (κ3) is 2.00. The highest BCUT2D eigenvalue weighted by atomic mass is 16.5. The molecule has 0 radical (unpaired) electrons. The molecule has 0 bridgehead atoms. The van der Waals surface area contributed by atoms with Gasteiger partial charge in [0.25, 0.3) is 0 Å². The molecule has 1 N–H and O–H groups in total. The molecule has 1 aromatic carbocycles. The second kappa shape index (κ2) is 4.36. The average Bonchev–Trinajstić information content (AvgIpc) is 2.26. The highest BCUT2D eigenvalue weighted by Gasteiger charge is 2.08. The number of anilines is 1. The molecule has 0 saturated carbocycles. The van der Waals surface area contributed by atoms with Crippen LogP contribution in [0.1, 0.15) is 25.3 Å². The van der Waals surface area contributed by atoms with Gasteiger partial charge in [0.05, 0.1) is 6.61 Å². The molecule has 0 aliphatic carbocycles. The molecule has 1 aromatic rings. The lowest BCUT2D eigenvalue weighted by Crippen LogP contribution is -2.11. The summed E-state index contributed by atoms with van der Waals surface area (Å²) in [4.78, 5) is 0. The zero-order valence-corrected chi connectivity index (χ0v) is 8.68. The Kier molecular flexibility index (Phi) is 2.92. The van der Waals surface area contributed by atoms with Crippen LogP contribution in [0.15, 0.2) is 18.2 Å². The number of benzene rings is 1. The van der Waals surface area contributed by atoms with Gasteiger partial charge in [-0.05, 0) is 30.9 Å². The first-order chi connectivity index (χ1) is 6.90. The van der Waals surface area contributed by atoms with Crippen molar-refractivity contribution in [2.45, 2.75) is 26.2 Å². The maximum Gasteiger partial charge on any atom is 0.121 e. The van der Waals surface area contributed by atoms with E-state index in [0.29, 0.717) is 0 Å². The molecule has 2 heteroatoms. The van der Waals surface area contributed by atoms with Gasteiger partial charge in [0.15, 0.2) is 0 Å². The average molecular weight is 191 g/mol. The second-order valence-electron chi connectivity index (χ2n) is 3.70. The summed E-state index contributed by atoms with van der Waals surface area (Å²) in [5, 5.41) is 3.40. The van der Waals surface area contributed by atoms with Crippen LogP contribution in [0.25, 0.3) is 0 Å². The van der Waals surface area contributed by atoms with Gasteiger partial charge < -0.3 is 10.1 Å². The molecule has 1 aliphatic rings. The van der Waals surface area contributed by atoms with E-state index in [1.165, 1.54) is 24.1 Å². The number of hydrogen-bond acceptors (Lipinski definition) is 2. The van der Waals surface area contributed by atoms with Gasteiger partial charge >= 0.3 is 0 Å². The zero-order chi connectivity index (χ0) is 9.80. The lowest BCUT2D eigenvalue weighted by molar-refractivity contribution is 0.317. The standard InChI is InChI=1S/C12H17NO/c1-2-8-14-11-6-5-10-4-3-7-13-12(10)9-11/h5-6,9,13H,2-4,7-8H2,1H3. The van der Waals surface area contributed by atoms with Crippen LogP contribution in [0.3, 0.4) is 0 Å². The third-order valence-corrected chi connectivity index (χ3v) is 2.49. The van der Waals surface area contributed by atoms with E-state index in [4.69, 9.17) is 4.74 Å². The third-order valence-electron chi connectivity index (χ3n) is 2.49. The molecule has 1 aliphatic heterocycles. The number of fused-ring (bicyclic) bond motifs is 1. The van der Waals surface area contributed by atoms with Crippen LogP contribution in [-0.4, -0.2) is 13.2 Å². The fourth-order valence-corrected chi connectivity index (χ4v) is 1.75. The van der Waals surface area contributed by atoms with Gasteiger partial charge in [-0.2, -0.15) is 0 Å². The number of ether oxygens (including phenoxy) is 1. The molecule has 1 heterocycles. The first kappa shape index (κ1) is 9.38. The first-order valence-electron chi connectivity index (χ1n) is 5.40. The predicted octanol–water partition coefficient (Wildman–Crippen LogP) is 2.83. The molecule has 2 nitrogen and oxygen atoms in total. The van der Waals surface area contributed by atoms with Gasteiger partial charge in [-0.3, -0.25) is 0 Å². The SMILES string of the molecule is CCCOc1ccc2c(c1)NCCC2. The Morgan fingerprint density at radius 1 is 1.43 bits per heavy atom. The molecule has 76 valence electrons. The summed E-state index contributed by atoms with van der Waals surface area (Å²) in [5.41, 5.74) is 2.67. The summed E-state index contributed by atoms with van der Waals surface area (Å²) in [6, 6.07) is 6.36. The largest absolute Gasteiger partial charge is 0.494 e. The Morgan fingerprint density at radius 3 is 3.21 bits per heavy atom. The minimum atomic E-state index is 0.804. The van der Waals surface area contributed by atoms with E-state index in [-0.39, 0.29) is 0 Å². The van der Waals surface area contributed by atoms with E-state index >= 15 is 0 Å². The topological polar surface area (TPSA) is 21.3 Å². The van der Waals surface area contributed by atoms with Crippen molar-refractivity contribution in [3.63, 3.8) is 0 Å². The summed E-state index contributed by atoms with van der Waals surface area (Å²) >= 11 is 0. The van der Waals surface area contributed by atoms with Crippen molar-refractivity contribution < 1.29 is 4.74 Å².